The maximum atomic E-state index is 12.1. The second kappa shape index (κ2) is 6.49. The lowest BCUT2D eigenvalue weighted by atomic mass is 10.0. The summed E-state index contributed by atoms with van der Waals surface area (Å²) in [6, 6.07) is 5.21. The summed E-state index contributed by atoms with van der Waals surface area (Å²) in [7, 11) is 0. The highest BCUT2D eigenvalue weighted by Gasteiger charge is 2.20. The van der Waals surface area contributed by atoms with E-state index in [0.29, 0.717) is 16.0 Å². The second-order valence-electron chi connectivity index (χ2n) is 5.06. The van der Waals surface area contributed by atoms with Crippen LogP contribution in [0.4, 0.5) is 5.69 Å². The van der Waals surface area contributed by atoms with Crippen molar-refractivity contribution in [2.24, 2.45) is 5.92 Å². The summed E-state index contributed by atoms with van der Waals surface area (Å²) < 4.78 is 0. The molecule has 1 saturated heterocycles. The molecule has 0 saturated carbocycles. The zero-order chi connectivity index (χ0) is 13.8. The van der Waals surface area contributed by atoms with Crippen molar-refractivity contribution in [3.63, 3.8) is 0 Å². The Hall–Kier alpha value is -0.930. The first-order valence-corrected chi connectivity index (χ1v) is 7.28. The van der Waals surface area contributed by atoms with E-state index >= 15 is 0 Å². The van der Waals surface area contributed by atoms with E-state index in [-0.39, 0.29) is 12.5 Å². The lowest BCUT2D eigenvalue weighted by Gasteiger charge is -2.31. The number of nitrogens with zero attached hydrogens (tertiary/aromatic N) is 1. The van der Waals surface area contributed by atoms with Crippen LogP contribution in [-0.2, 0) is 4.79 Å². The lowest BCUT2D eigenvalue weighted by Crippen LogP contribution is -2.41. The molecule has 1 aromatic rings. The van der Waals surface area contributed by atoms with Crippen molar-refractivity contribution in [3.05, 3.63) is 28.2 Å². The summed E-state index contributed by atoms with van der Waals surface area (Å²) in [6.45, 7) is 4.17. The largest absolute Gasteiger partial charge is 0.375 e. The van der Waals surface area contributed by atoms with Crippen LogP contribution in [0.5, 0.6) is 0 Å². The van der Waals surface area contributed by atoms with Crippen LogP contribution < -0.4 is 5.32 Å². The minimum atomic E-state index is 0.123. The number of hydrogen-bond donors (Lipinski definition) is 1. The third kappa shape index (κ3) is 4.02. The van der Waals surface area contributed by atoms with Crippen molar-refractivity contribution < 1.29 is 4.79 Å². The van der Waals surface area contributed by atoms with Gasteiger partial charge in [-0.3, -0.25) is 4.79 Å². The average molecular weight is 301 g/mol. The second-order valence-corrected chi connectivity index (χ2v) is 5.91. The maximum Gasteiger partial charge on any atom is 0.241 e. The molecule has 1 aromatic carbocycles. The Balaban J connectivity index is 1.89. The Morgan fingerprint density at radius 1 is 1.47 bits per heavy atom. The van der Waals surface area contributed by atoms with Gasteiger partial charge >= 0.3 is 0 Å². The fourth-order valence-corrected chi connectivity index (χ4v) is 2.81. The Morgan fingerprint density at radius 3 is 2.95 bits per heavy atom. The molecule has 1 N–H and O–H groups in total. The molecule has 1 amide bonds. The van der Waals surface area contributed by atoms with E-state index < -0.39 is 0 Å². The normalized spacial score (nSPS) is 19.3. The number of hydrogen-bond acceptors (Lipinski definition) is 2. The van der Waals surface area contributed by atoms with E-state index in [1.807, 2.05) is 4.90 Å². The summed E-state index contributed by atoms with van der Waals surface area (Å²) >= 11 is 11.9. The number of benzene rings is 1. The number of halogens is 2. The molecule has 1 unspecified atom stereocenters. The quantitative estimate of drug-likeness (QED) is 0.924. The predicted molar refractivity (Wildman–Crippen MR) is 79.9 cm³/mol. The van der Waals surface area contributed by atoms with Crippen LogP contribution in [-0.4, -0.2) is 30.4 Å². The van der Waals surface area contributed by atoms with Crippen LogP contribution in [0.15, 0.2) is 18.2 Å². The topological polar surface area (TPSA) is 32.3 Å². The predicted octanol–water partition coefficient (Wildman–Crippen LogP) is 3.66. The highest BCUT2D eigenvalue weighted by molar-refractivity contribution is 6.36. The number of likely N-dealkylation sites (tertiary alicyclic amines) is 1. The zero-order valence-electron chi connectivity index (χ0n) is 11.0. The third-order valence-corrected chi connectivity index (χ3v) is 3.92. The Labute approximate surface area is 123 Å². The molecule has 0 aromatic heterocycles. The number of piperidine rings is 1. The van der Waals surface area contributed by atoms with E-state index in [2.05, 4.69) is 12.2 Å². The fourth-order valence-electron chi connectivity index (χ4n) is 2.33. The molecule has 1 atom stereocenters. The molecule has 0 bridgehead atoms. The number of anilines is 1. The van der Waals surface area contributed by atoms with Crippen LogP contribution in [0, 0.1) is 5.92 Å². The van der Waals surface area contributed by atoms with Crippen molar-refractivity contribution >= 4 is 34.8 Å². The Bertz CT molecular complexity index is 465. The van der Waals surface area contributed by atoms with Crippen LogP contribution in [0.1, 0.15) is 19.8 Å². The van der Waals surface area contributed by atoms with Gasteiger partial charge in [0.25, 0.3) is 0 Å². The standard InChI is InChI=1S/C14H18Cl2N2O/c1-10-3-2-6-18(9-10)14(19)8-17-13-5-4-11(15)7-12(13)16/h4-5,7,10,17H,2-3,6,8-9H2,1H3. The van der Waals surface area contributed by atoms with Gasteiger partial charge in [-0.2, -0.15) is 0 Å². The first-order chi connectivity index (χ1) is 9.06. The smallest absolute Gasteiger partial charge is 0.241 e. The number of carbonyl (C=O) groups excluding carboxylic acids is 1. The molecular formula is C14H18Cl2N2O. The fraction of sp³-hybridized carbons (Fsp3) is 0.500. The summed E-state index contributed by atoms with van der Waals surface area (Å²) in [5.41, 5.74) is 0.740. The van der Waals surface area contributed by atoms with Crippen molar-refractivity contribution in [1.82, 2.24) is 4.90 Å². The number of nitrogens with one attached hydrogen (secondary N) is 1. The van der Waals surface area contributed by atoms with Crippen LogP contribution >= 0.6 is 23.2 Å². The first kappa shape index (κ1) is 14.5. The molecule has 0 radical (unpaired) electrons. The highest BCUT2D eigenvalue weighted by atomic mass is 35.5. The van der Waals surface area contributed by atoms with Crippen LogP contribution in [0.2, 0.25) is 10.0 Å². The molecule has 5 heteroatoms. The third-order valence-electron chi connectivity index (χ3n) is 3.37. The van der Waals surface area contributed by atoms with E-state index in [9.17, 15) is 4.79 Å². The maximum absolute atomic E-state index is 12.1. The average Bonchev–Trinajstić information content (AvgIpc) is 2.37. The molecule has 0 aliphatic carbocycles. The summed E-state index contributed by atoms with van der Waals surface area (Å²) in [4.78, 5) is 14.0. The minimum Gasteiger partial charge on any atom is -0.375 e. The first-order valence-electron chi connectivity index (χ1n) is 6.53. The van der Waals surface area contributed by atoms with Gasteiger partial charge in [0.1, 0.15) is 0 Å². The van der Waals surface area contributed by atoms with Crippen LogP contribution in [0.3, 0.4) is 0 Å². The summed E-state index contributed by atoms with van der Waals surface area (Å²) in [6.07, 6.45) is 2.30. The van der Waals surface area contributed by atoms with Gasteiger partial charge in [-0.15, -0.1) is 0 Å². The van der Waals surface area contributed by atoms with Gasteiger partial charge in [-0.1, -0.05) is 30.1 Å². The number of amides is 1. The molecule has 1 heterocycles. The monoisotopic (exact) mass is 300 g/mol. The van der Waals surface area contributed by atoms with Gasteiger partial charge in [0.05, 0.1) is 17.3 Å². The number of carbonyl (C=O) groups is 1. The van der Waals surface area contributed by atoms with Crippen molar-refractivity contribution in [3.8, 4) is 0 Å². The lowest BCUT2D eigenvalue weighted by molar-refractivity contribution is -0.130. The van der Waals surface area contributed by atoms with Gasteiger partial charge in [0.15, 0.2) is 0 Å². The number of rotatable bonds is 3. The molecular weight excluding hydrogens is 283 g/mol. The van der Waals surface area contributed by atoms with Crippen molar-refractivity contribution in [2.45, 2.75) is 19.8 Å². The van der Waals surface area contributed by atoms with Gasteiger partial charge in [0.2, 0.25) is 5.91 Å². The SMILES string of the molecule is CC1CCCN(C(=O)CNc2ccc(Cl)cc2Cl)C1. The van der Waals surface area contributed by atoms with Crippen molar-refractivity contribution in [1.29, 1.82) is 0 Å². The van der Waals surface area contributed by atoms with Gasteiger partial charge in [-0.25, -0.2) is 0 Å². The Morgan fingerprint density at radius 2 is 2.26 bits per heavy atom. The molecule has 2 rings (SSSR count). The summed E-state index contributed by atoms with van der Waals surface area (Å²) in [5.74, 6) is 0.717. The van der Waals surface area contributed by atoms with E-state index in [4.69, 9.17) is 23.2 Å². The van der Waals surface area contributed by atoms with E-state index in [1.54, 1.807) is 18.2 Å². The van der Waals surface area contributed by atoms with E-state index in [1.165, 1.54) is 6.42 Å². The highest BCUT2D eigenvalue weighted by Crippen LogP contribution is 2.25. The molecule has 1 fully saturated rings. The summed E-state index contributed by atoms with van der Waals surface area (Å²) in [5, 5.41) is 4.19. The Kier molecular flexibility index (Phi) is 4.94. The molecule has 3 nitrogen and oxygen atoms in total. The molecule has 19 heavy (non-hydrogen) atoms. The molecule has 1 aliphatic heterocycles. The van der Waals surface area contributed by atoms with Gasteiger partial charge in [-0.05, 0) is 37.0 Å². The van der Waals surface area contributed by atoms with Crippen LogP contribution in [0.25, 0.3) is 0 Å². The molecule has 104 valence electrons. The van der Waals surface area contributed by atoms with Gasteiger partial charge in [0, 0.05) is 18.1 Å². The molecule has 0 spiro atoms. The minimum absolute atomic E-state index is 0.123. The van der Waals surface area contributed by atoms with Gasteiger partial charge < -0.3 is 10.2 Å². The van der Waals surface area contributed by atoms with E-state index in [0.717, 1.165) is 25.2 Å². The molecule has 1 aliphatic rings. The van der Waals surface area contributed by atoms with Crippen molar-refractivity contribution in [2.75, 3.05) is 25.0 Å². The zero-order valence-corrected chi connectivity index (χ0v) is 12.5.